The standard InChI is InChI=1S/C25H29ClN4O/c26-23-22(19-9-5-2-6-10-19)29-24(30-23)21(15-17-7-3-1-4-8-17)28-25(31)20-13-11-18(16-27)12-14-20/h1-10,18,20-21H,11-16,27H2,(H,28,31)(H,29,30)/t18?,20?,21-/m0/s1. The van der Waals surface area contributed by atoms with Crippen LogP contribution in [0.3, 0.4) is 0 Å². The Morgan fingerprint density at radius 3 is 2.35 bits per heavy atom. The molecule has 4 rings (SSSR count). The van der Waals surface area contributed by atoms with Crippen molar-refractivity contribution in [3.8, 4) is 11.3 Å². The first-order chi connectivity index (χ1) is 15.1. The minimum atomic E-state index is -0.280. The summed E-state index contributed by atoms with van der Waals surface area (Å²) in [6.07, 6.45) is 4.45. The van der Waals surface area contributed by atoms with Crippen molar-refractivity contribution in [2.45, 2.75) is 38.1 Å². The highest BCUT2D eigenvalue weighted by atomic mass is 35.5. The van der Waals surface area contributed by atoms with Gasteiger partial charge < -0.3 is 16.0 Å². The van der Waals surface area contributed by atoms with Crippen molar-refractivity contribution >= 4 is 17.5 Å². The minimum Gasteiger partial charge on any atom is -0.346 e. The smallest absolute Gasteiger partial charge is 0.223 e. The molecule has 31 heavy (non-hydrogen) atoms. The van der Waals surface area contributed by atoms with E-state index in [2.05, 4.69) is 22.4 Å². The van der Waals surface area contributed by atoms with Crippen LogP contribution in [-0.2, 0) is 11.2 Å². The summed E-state index contributed by atoms with van der Waals surface area (Å²) in [4.78, 5) is 21.1. The number of aromatic nitrogens is 2. The molecule has 1 atom stereocenters. The first-order valence-corrected chi connectivity index (χ1v) is 11.4. The zero-order chi connectivity index (χ0) is 21.6. The van der Waals surface area contributed by atoms with Gasteiger partial charge in [-0.2, -0.15) is 0 Å². The van der Waals surface area contributed by atoms with Gasteiger partial charge in [0.2, 0.25) is 5.91 Å². The normalized spacial score (nSPS) is 19.7. The highest BCUT2D eigenvalue weighted by molar-refractivity contribution is 6.31. The van der Waals surface area contributed by atoms with Crippen LogP contribution < -0.4 is 11.1 Å². The SMILES string of the molecule is NCC1CCC(C(=O)N[C@@H](Cc2ccccc2)c2nc(-c3ccccc3)c(Cl)[nH]2)CC1. The predicted octanol–water partition coefficient (Wildman–Crippen LogP) is 4.90. The molecule has 6 heteroatoms. The highest BCUT2D eigenvalue weighted by Gasteiger charge is 2.29. The van der Waals surface area contributed by atoms with Crippen LogP contribution in [0.2, 0.25) is 5.15 Å². The third-order valence-electron chi connectivity index (χ3n) is 6.21. The Labute approximate surface area is 188 Å². The number of nitrogens with two attached hydrogens (primary N) is 1. The molecular formula is C25H29ClN4O. The van der Waals surface area contributed by atoms with Crippen LogP contribution in [0.15, 0.2) is 60.7 Å². The van der Waals surface area contributed by atoms with Crippen LogP contribution in [0, 0.1) is 11.8 Å². The largest absolute Gasteiger partial charge is 0.346 e. The number of nitrogens with zero attached hydrogens (tertiary/aromatic N) is 1. The van der Waals surface area contributed by atoms with Crippen LogP contribution >= 0.6 is 11.6 Å². The van der Waals surface area contributed by atoms with Crippen molar-refractivity contribution < 1.29 is 4.79 Å². The summed E-state index contributed by atoms with van der Waals surface area (Å²) < 4.78 is 0. The van der Waals surface area contributed by atoms with Crippen molar-refractivity contribution in [1.82, 2.24) is 15.3 Å². The maximum atomic E-state index is 13.1. The number of carbonyl (C=O) groups excluding carboxylic acids is 1. The van der Waals surface area contributed by atoms with Crippen LogP contribution in [0.25, 0.3) is 11.3 Å². The number of imidazole rings is 1. The second kappa shape index (κ2) is 10.1. The average molecular weight is 437 g/mol. The van der Waals surface area contributed by atoms with Gasteiger partial charge in [-0.3, -0.25) is 4.79 Å². The molecule has 162 valence electrons. The molecule has 0 unspecified atom stereocenters. The summed E-state index contributed by atoms with van der Waals surface area (Å²) in [5, 5.41) is 3.74. The molecule has 3 aromatic rings. The lowest BCUT2D eigenvalue weighted by Crippen LogP contribution is -2.37. The number of benzene rings is 2. The minimum absolute atomic E-state index is 0.0279. The van der Waals surface area contributed by atoms with Crippen molar-refractivity contribution in [1.29, 1.82) is 0 Å². The van der Waals surface area contributed by atoms with Crippen molar-refractivity contribution in [3.63, 3.8) is 0 Å². The third kappa shape index (κ3) is 5.35. The Kier molecular flexibility index (Phi) is 7.05. The number of hydrogen-bond acceptors (Lipinski definition) is 3. The van der Waals surface area contributed by atoms with Gasteiger partial charge in [-0.05, 0) is 50.1 Å². The topological polar surface area (TPSA) is 83.8 Å². The lowest BCUT2D eigenvalue weighted by atomic mass is 9.81. The number of aromatic amines is 1. The molecule has 0 radical (unpaired) electrons. The van der Waals surface area contributed by atoms with E-state index in [-0.39, 0.29) is 17.9 Å². The monoisotopic (exact) mass is 436 g/mol. The molecule has 5 nitrogen and oxygen atoms in total. The van der Waals surface area contributed by atoms with Gasteiger partial charge in [-0.1, -0.05) is 72.3 Å². The van der Waals surface area contributed by atoms with E-state index in [1.165, 1.54) is 0 Å². The Morgan fingerprint density at radius 2 is 1.71 bits per heavy atom. The van der Waals surface area contributed by atoms with E-state index in [1.807, 2.05) is 48.5 Å². The van der Waals surface area contributed by atoms with Crippen LogP contribution in [-0.4, -0.2) is 22.4 Å². The Morgan fingerprint density at radius 1 is 1.06 bits per heavy atom. The van der Waals surface area contributed by atoms with Gasteiger partial charge in [0.15, 0.2) is 0 Å². The predicted molar refractivity (Wildman–Crippen MR) is 125 cm³/mol. The first-order valence-electron chi connectivity index (χ1n) is 11.0. The fourth-order valence-electron chi connectivity index (χ4n) is 4.34. The quantitative estimate of drug-likeness (QED) is 0.492. The van der Waals surface area contributed by atoms with E-state index in [4.69, 9.17) is 22.3 Å². The Hall–Kier alpha value is -2.63. The van der Waals surface area contributed by atoms with Gasteiger partial charge in [0, 0.05) is 11.5 Å². The van der Waals surface area contributed by atoms with Crippen molar-refractivity contribution in [3.05, 3.63) is 77.2 Å². The molecule has 1 amide bonds. The van der Waals surface area contributed by atoms with E-state index in [0.717, 1.165) is 36.8 Å². The summed E-state index contributed by atoms with van der Waals surface area (Å²) in [6.45, 7) is 0.706. The molecule has 1 heterocycles. The number of nitrogens with one attached hydrogen (secondary N) is 2. The summed E-state index contributed by atoms with van der Waals surface area (Å²) in [5.74, 6) is 1.34. The zero-order valence-electron chi connectivity index (χ0n) is 17.6. The summed E-state index contributed by atoms with van der Waals surface area (Å²) in [7, 11) is 0. The fraction of sp³-hybridized carbons (Fsp3) is 0.360. The van der Waals surface area contributed by atoms with E-state index in [0.29, 0.717) is 35.6 Å². The molecule has 2 aromatic carbocycles. The number of amides is 1. The highest BCUT2D eigenvalue weighted by Crippen LogP contribution is 2.31. The Bertz CT molecular complexity index is 981. The lowest BCUT2D eigenvalue weighted by molar-refractivity contribution is -0.127. The van der Waals surface area contributed by atoms with Crippen molar-refractivity contribution in [2.24, 2.45) is 17.6 Å². The van der Waals surface area contributed by atoms with E-state index >= 15 is 0 Å². The van der Waals surface area contributed by atoms with Gasteiger partial charge in [-0.25, -0.2) is 4.98 Å². The molecule has 1 aliphatic rings. The summed E-state index contributed by atoms with van der Waals surface area (Å²) >= 11 is 6.50. The number of carbonyl (C=O) groups is 1. The summed E-state index contributed by atoms with van der Waals surface area (Å²) in [6, 6.07) is 19.7. The zero-order valence-corrected chi connectivity index (χ0v) is 18.3. The summed E-state index contributed by atoms with van der Waals surface area (Å²) in [5.41, 5.74) is 8.59. The van der Waals surface area contributed by atoms with Gasteiger partial charge in [0.25, 0.3) is 0 Å². The Balaban J connectivity index is 1.56. The molecule has 4 N–H and O–H groups in total. The first kappa shape index (κ1) is 21.6. The number of H-pyrrole nitrogens is 1. The maximum absolute atomic E-state index is 13.1. The molecule has 0 spiro atoms. The number of rotatable bonds is 7. The number of halogens is 1. The van der Waals surface area contributed by atoms with Crippen LogP contribution in [0.4, 0.5) is 0 Å². The second-order valence-electron chi connectivity index (χ2n) is 8.35. The lowest BCUT2D eigenvalue weighted by Gasteiger charge is -2.28. The molecule has 1 aliphatic carbocycles. The van der Waals surface area contributed by atoms with Crippen LogP contribution in [0.1, 0.15) is 43.1 Å². The number of hydrogen-bond donors (Lipinski definition) is 3. The molecule has 0 aliphatic heterocycles. The molecular weight excluding hydrogens is 408 g/mol. The van der Waals surface area contributed by atoms with Gasteiger partial charge >= 0.3 is 0 Å². The van der Waals surface area contributed by atoms with Gasteiger partial charge in [0.1, 0.15) is 16.7 Å². The van der Waals surface area contributed by atoms with E-state index in [9.17, 15) is 4.79 Å². The van der Waals surface area contributed by atoms with E-state index in [1.54, 1.807) is 0 Å². The van der Waals surface area contributed by atoms with E-state index < -0.39 is 0 Å². The molecule has 0 bridgehead atoms. The third-order valence-corrected chi connectivity index (χ3v) is 6.48. The fourth-order valence-corrected chi connectivity index (χ4v) is 4.59. The van der Waals surface area contributed by atoms with Crippen molar-refractivity contribution in [2.75, 3.05) is 6.54 Å². The molecule has 0 saturated heterocycles. The average Bonchev–Trinajstić information content (AvgIpc) is 3.21. The molecule has 1 fully saturated rings. The maximum Gasteiger partial charge on any atom is 0.223 e. The molecule has 1 saturated carbocycles. The van der Waals surface area contributed by atoms with Gasteiger partial charge in [0.05, 0.1) is 6.04 Å². The second-order valence-corrected chi connectivity index (χ2v) is 8.73. The van der Waals surface area contributed by atoms with Gasteiger partial charge in [-0.15, -0.1) is 0 Å². The van der Waals surface area contributed by atoms with Crippen LogP contribution in [0.5, 0.6) is 0 Å². The molecule has 1 aromatic heterocycles.